The SMILES string of the molecule is C=CC(=O)Nc1ccnc(-c2cccc3cnc(Nc4ccc(N5CCOC(CN)C5)cc4OC)nc23)c1. The van der Waals surface area contributed by atoms with E-state index >= 15 is 0 Å². The molecule has 5 rings (SSSR count). The molecule has 0 saturated carbocycles. The van der Waals surface area contributed by atoms with Crippen LogP contribution in [0.1, 0.15) is 0 Å². The van der Waals surface area contributed by atoms with Gasteiger partial charge in [-0.05, 0) is 30.3 Å². The second kappa shape index (κ2) is 11.2. The molecule has 4 N–H and O–H groups in total. The van der Waals surface area contributed by atoms with Crippen LogP contribution in [0.25, 0.3) is 22.2 Å². The summed E-state index contributed by atoms with van der Waals surface area (Å²) in [5.41, 5.74) is 10.4. The largest absolute Gasteiger partial charge is 0.494 e. The van der Waals surface area contributed by atoms with Gasteiger partial charge in [0.1, 0.15) is 5.75 Å². The number of hydrogen-bond acceptors (Lipinski definition) is 9. The van der Waals surface area contributed by atoms with Crippen molar-refractivity contribution in [1.29, 1.82) is 0 Å². The summed E-state index contributed by atoms with van der Waals surface area (Å²) in [6.07, 6.45) is 4.64. The number of methoxy groups -OCH3 is 1. The first kappa shape index (κ1) is 25.1. The van der Waals surface area contributed by atoms with Crippen molar-refractivity contribution in [2.45, 2.75) is 6.10 Å². The molecule has 38 heavy (non-hydrogen) atoms. The molecule has 0 radical (unpaired) electrons. The van der Waals surface area contributed by atoms with Gasteiger partial charge in [0.25, 0.3) is 0 Å². The molecule has 1 atom stereocenters. The van der Waals surface area contributed by atoms with Crippen molar-refractivity contribution in [3.63, 3.8) is 0 Å². The van der Waals surface area contributed by atoms with Gasteiger partial charge in [-0.2, -0.15) is 0 Å². The third-order valence-corrected chi connectivity index (χ3v) is 6.30. The monoisotopic (exact) mass is 511 g/mol. The van der Waals surface area contributed by atoms with Gasteiger partial charge in [-0.1, -0.05) is 24.8 Å². The number of para-hydroxylation sites is 1. The van der Waals surface area contributed by atoms with Crippen molar-refractivity contribution >= 4 is 39.8 Å². The van der Waals surface area contributed by atoms with Crippen molar-refractivity contribution in [1.82, 2.24) is 15.0 Å². The Balaban J connectivity index is 1.44. The Bertz CT molecular complexity index is 1480. The molecule has 4 aromatic rings. The number of nitrogens with two attached hydrogens (primary N) is 1. The summed E-state index contributed by atoms with van der Waals surface area (Å²) in [5.74, 6) is 0.797. The lowest BCUT2D eigenvalue weighted by Gasteiger charge is -2.34. The van der Waals surface area contributed by atoms with E-state index in [1.54, 1.807) is 31.6 Å². The van der Waals surface area contributed by atoms with Gasteiger partial charge < -0.3 is 30.7 Å². The lowest BCUT2D eigenvalue weighted by molar-refractivity contribution is -0.111. The first-order valence-electron chi connectivity index (χ1n) is 12.2. The molecule has 1 amide bonds. The summed E-state index contributed by atoms with van der Waals surface area (Å²) in [6, 6.07) is 15.3. The number of nitrogens with zero attached hydrogens (tertiary/aromatic N) is 4. The van der Waals surface area contributed by atoms with E-state index in [1.807, 2.05) is 36.4 Å². The molecule has 194 valence electrons. The second-order valence-corrected chi connectivity index (χ2v) is 8.74. The predicted octanol–water partition coefficient (Wildman–Crippen LogP) is 3.73. The number of nitrogens with one attached hydrogen (secondary N) is 2. The number of benzene rings is 2. The van der Waals surface area contributed by atoms with Gasteiger partial charge >= 0.3 is 0 Å². The van der Waals surface area contributed by atoms with Crippen molar-refractivity contribution in [3.8, 4) is 17.0 Å². The van der Waals surface area contributed by atoms with Crippen LogP contribution in [0, 0.1) is 0 Å². The molecule has 1 unspecified atom stereocenters. The average Bonchev–Trinajstić information content (AvgIpc) is 2.97. The van der Waals surface area contributed by atoms with Gasteiger partial charge in [0.15, 0.2) is 0 Å². The Hall–Kier alpha value is -4.54. The molecule has 3 heterocycles. The highest BCUT2D eigenvalue weighted by Crippen LogP contribution is 2.33. The van der Waals surface area contributed by atoms with Crippen molar-refractivity contribution in [3.05, 3.63) is 73.6 Å². The maximum atomic E-state index is 11.7. The molecule has 0 aliphatic carbocycles. The minimum Gasteiger partial charge on any atom is -0.494 e. The molecule has 10 nitrogen and oxygen atoms in total. The first-order valence-corrected chi connectivity index (χ1v) is 12.2. The zero-order chi connectivity index (χ0) is 26.5. The number of fused-ring (bicyclic) bond motifs is 1. The highest BCUT2D eigenvalue weighted by Gasteiger charge is 2.20. The summed E-state index contributed by atoms with van der Waals surface area (Å²) >= 11 is 0. The summed E-state index contributed by atoms with van der Waals surface area (Å²) in [6.45, 7) is 6.13. The number of rotatable bonds is 8. The van der Waals surface area contributed by atoms with Crippen LogP contribution >= 0.6 is 0 Å². The quantitative estimate of drug-likeness (QED) is 0.303. The van der Waals surface area contributed by atoms with Crippen LogP contribution in [0.5, 0.6) is 5.75 Å². The Kier molecular flexibility index (Phi) is 7.43. The highest BCUT2D eigenvalue weighted by molar-refractivity contribution is 5.99. The molecular weight excluding hydrogens is 482 g/mol. The van der Waals surface area contributed by atoms with E-state index < -0.39 is 0 Å². The van der Waals surface area contributed by atoms with Crippen LogP contribution in [-0.2, 0) is 9.53 Å². The predicted molar refractivity (Wildman–Crippen MR) is 149 cm³/mol. The molecule has 10 heteroatoms. The van der Waals surface area contributed by atoms with Crippen LogP contribution < -0.4 is 26.0 Å². The van der Waals surface area contributed by atoms with E-state index in [2.05, 4.69) is 32.1 Å². The van der Waals surface area contributed by atoms with Gasteiger partial charge in [-0.3, -0.25) is 9.78 Å². The van der Waals surface area contributed by atoms with Gasteiger partial charge in [0, 0.05) is 60.4 Å². The highest BCUT2D eigenvalue weighted by atomic mass is 16.5. The van der Waals surface area contributed by atoms with Gasteiger partial charge in [-0.25, -0.2) is 9.97 Å². The smallest absolute Gasteiger partial charge is 0.247 e. The van der Waals surface area contributed by atoms with Gasteiger partial charge in [0.05, 0.1) is 36.7 Å². The number of amides is 1. The van der Waals surface area contributed by atoms with E-state index in [1.165, 1.54) is 6.08 Å². The number of morpholine rings is 1. The van der Waals surface area contributed by atoms with E-state index in [9.17, 15) is 4.79 Å². The average molecular weight is 512 g/mol. The lowest BCUT2D eigenvalue weighted by Crippen LogP contribution is -2.45. The summed E-state index contributed by atoms with van der Waals surface area (Å²) < 4.78 is 11.4. The van der Waals surface area contributed by atoms with Crippen LogP contribution in [0.15, 0.2) is 73.6 Å². The Morgan fingerprint density at radius 2 is 2.16 bits per heavy atom. The van der Waals surface area contributed by atoms with E-state index in [-0.39, 0.29) is 12.0 Å². The number of ether oxygens (including phenoxy) is 2. The Morgan fingerprint density at radius 3 is 2.97 bits per heavy atom. The normalized spacial score (nSPS) is 15.2. The van der Waals surface area contributed by atoms with Crippen LogP contribution in [0.3, 0.4) is 0 Å². The van der Waals surface area contributed by atoms with Crippen molar-refractivity contribution < 1.29 is 14.3 Å². The van der Waals surface area contributed by atoms with Crippen molar-refractivity contribution in [2.24, 2.45) is 5.73 Å². The zero-order valence-electron chi connectivity index (χ0n) is 21.1. The Labute approximate surface area is 220 Å². The fraction of sp³-hybridized carbons (Fsp3) is 0.214. The van der Waals surface area contributed by atoms with Crippen LogP contribution in [0.2, 0.25) is 0 Å². The fourth-order valence-electron chi connectivity index (χ4n) is 4.37. The minimum absolute atomic E-state index is 0.0150. The minimum atomic E-state index is -0.290. The summed E-state index contributed by atoms with van der Waals surface area (Å²) in [7, 11) is 1.63. The van der Waals surface area contributed by atoms with E-state index in [0.29, 0.717) is 36.2 Å². The molecule has 1 aliphatic rings. The summed E-state index contributed by atoms with van der Waals surface area (Å²) in [5, 5.41) is 6.92. The standard InChI is InChI=1S/C28H29N7O3/c1-3-26(36)32-19-9-10-30-24(13-19)22-6-4-5-18-16-31-28(34-27(18)22)33-23-8-7-20(14-25(23)37-2)35-11-12-38-21(15-29)17-35/h3-10,13-14,16,21H,1,11-12,15,17,29H2,2H3,(H,30,32,36)(H,31,33,34). The number of anilines is 4. The molecule has 1 fully saturated rings. The maximum absolute atomic E-state index is 11.7. The number of aromatic nitrogens is 3. The number of carbonyl (C=O) groups excluding carboxylic acids is 1. The third kappa shape index (κ3) is 5.41. The first-order chi connectivity index (χ1) is 18.6. The molecule has 1 aliphatic heterocycles. The lowest BCUT2D eigenvalue weighted by atomic mass is 10.1. The number of hydrogen-bond donors (Lipinski definition) is 3. The maximum Gasteiger partial charge on any atom is 0.247 e. The topological polar surface area (TPSA) is 128 Å². The van der Waals surface area contributed by atoms with Crippen LogP contribution in [-0.4, -0.2) is 60.3 Å². The van der Waals surface area contributed by atoms with Crippen molar-refractivity contribution in [2.75, 3.05) is 48.9 Å². The number of pyridine rings is 1. The molecule has 0 spiro atoms. The zero-order valence-corrected chi connectivity index (χ0v) is 21.1. The summed E-state index contributed by atoms with van der Waals surface area (Å²) in [4.78, 5) is 27.8. The van der Waals surface area contributed by atoms with E-state index in [0.717, 1.165) is 40.9 Å². The molecular formula is C28H29N7O3. The molecule has 0 bridgehead atoms. The molecule has 2 aromatic carbocycles. The Morgan fingerprint density at radius 1 is 1.26 bits per heavy atom. The van der Waals surface area contributed by atoms with Gasteiger partial charge in [-0.15, -0.1) is 0 Å². The van der Waals surface area contributed by atoms with E-state index in [4.69, 9.17) is 20.2 Å². The second-order valence-electron chi connectivity index (χ2n) is 8.74. The molecule has 1 saturated heterocycles. The number of carbonyl (C=O) groups is 1. The van der Waals surface area contributed by atoms with Gasteiger partial charge in [0.2, 0.25) is 11.9 Å². The van der Waals surface area contributed by atoms with Crippen LogP contribution in [0.4, 0.5) is 23.0 Å². The molecule has 2 aromatic heterocycles. The fourth-order valence-corrected chi connectivity index (χ4v) is 4.37. The third-order valence-electron chi connectivity index (χ3n) is 6.30.